The van der Waals surface area contributed by atoms with Crippen LogP contribution in [-0.2, 0) is 5.41 Å². The van der Waals surface area contributed by atoms with Gasteiger partial charge in [0.1, 0.15) is 0 Å². The number of benzene rings is 9. The number of hydrogen-bond acceptors (Lipinski definition) is 3. The number of ether oxygens (including phenoxy) is 1. The van der Waals surface area contributed by atoms with Gasteiger partial charge in [0, 0.05) is 27.7 Å². The van der Waals surface area contributed by atoms with Crippen molar-refractivity contribution in [2.75, 3.05) is 9.80 Å². The summed E-state index contributed by atoms with van der Waals surface area (Å²) in [6.45, 7) is 4.65. The van der Waals surface area contributed by atoms with Crippen LogP contribution in [0.1, 0.15) is 25.0 Å². The molecule has 0 saturated heterocycles. The fourth-order valence-electron chi connectivity index (χ4n) is 9.05. The topological polar surface area (TPSA) is 15.7 Å². The smallest absolute Gasteiger partial charge is 0.159 e. The van der Waals surface area contributed by atoms with Gasteiger partial charge >= 0.3 is 0 Å². The van der Waals surface area contributed by atoms with Crippen molar-refractivity contribution in [3.8, 4) is 33.8 Å². The van der Waals surface area contributed by atoms with Crippen molar-refractivity contribution in [2.45, 2.75) is 19.3 Å². The molecular weight excluding hydrogens is 681 g/mol. The maximum Gasteiger partial charge on any atom is 0.159 e. The third kappa shape index (κ3) is 4.91. The van der Waals surface area contributed by atoms with Crippen molar-refractivity contribution in [3.63, 3.8) is 0 Å². The average molecular weight is 719 g/mol. The molecule has 0 atom stereocenters. The lowest BCUT2D eigenvalue weighted by molar-refractivity contribution is 0.473. The molecule has 0 aromatic heterocycles. The van der Waals surface area contributed by atoms with E-state index in [0.29, 0.717) is 0 Å². The Morgan fingerprint density at radius 3 is 1.82 bits per heavy atom. The fourth-order valence-corrected chi connectivity index (χ4v) is 9.05. The van der Waals surface area contributed by atoms with Crippen LogP contribution in [-0.4, -0.2) is 0 Å². The summed E-state index contributed by atoms with van der Waals surface area (Å²) in [7, 11) is 0. The summed E-state index contributed by atoms with van der Waals surface area (Å²) in [6.07, 6.45) is 0. The zero-order chi connectivity index (χ0) is 37.4. The molecule has 0 unspecified atom stereocenters. The molecule has 0 bridgehead atoms. The van der Waals surface area contributed by atoms with E-state index in [4.69, 9.17) is 4.74 Å². The van der Waals surface area contributed by atoms with E-state index >= 15 is 0 Å². The number of nitrogens with zero attached hydrogens (tertiary/aromatic N) is 2. The Labute approximate surface area is 327 Å². The van der Waals surface area contributed by atoms with Crippen LogP contribution >= 0.6 is 0 Å². The lowest BCUT2D eigenvalue weighted by Gasteiger charge is -2.45. The molecule has 266 valence electrons. The third-order valence-corrected chi connectivity index (χ3v) is 11.8. The van der Waals surface area contributed by atoms with Gasteiger partial charge < -0.3 is 14.5 Å². The van der Waals surface area contributed by atoms with Gasteiger partial charge in [0.25, 0.3) is 0 Å². The Hall–Kier alpha value is -7.10. The Balaban J connectivity index is 1.07. The highest BCUT2D eigenvalue weighted by molar-refractivity contribution is 6.14. The monoisotopic (exact) mass is 718 g/mol. The Morgan fingerprint density at radius 1 is 0.464 bits per heavy atom. The summed E-state index contributed by atoms with van der Waals surface area (Å²) < 4.78 is 6.92. The molecule has 0 amide bonds. The molecule has 0 radical (unpaired) electrons. The van der Waals surface area contributed by atoms with Gasteiger partial charge in [-0.25, -0.2) is 0 Å². The molecule has 0 saturated carbocycles. The normalized spacial score (nSPS) is 13.4. The van der Waals surface area contributed by atoms with Gasteiger partial charge in [-0.3, -0.25) is 0 Å². The van der Waals surface area contributed by atoms with Gasteiger partial charge in [-0.2, -0.15) is 0 Å². The molecule has 9 aromatic rings. The van der Waals surface area contributed by atoms with E-state index in [1.807, 2.05) is 0 Å². The summed E-state index contributed by atoms with van der Waals surface area (Å²) in [5, 5.41) is 4.91. The van der Waals surface area contributed by atoms with E-state index < -0.39 is 0 Å². The molecule has 2 aliphatic heterocycles. The average Bonchev–Trinajstić information content (AvgIpc) is 3.26. The van der Waals surface area contributed by atoms with Crippen molar-refractivity contribution in [3.05, 3.63) is 205 Å². The summed E-state index contributed by atoms with van der Waals surface area (Å²) in [5.74, 6) is 1.75. The van der Waals surface area contributed by atoms with E-state index in [2.05, 4.69) is 218 Å². The first-order chi connectivity index (χ1) is 27.5. The first-order valence-corrected chi connectivity index (χ1v) is 19.4. The Bertz CT molecular complexity index is 2970. The van der Waals surface area contributed by atoms with Gasteiger partial charge in [0.2, 0.25) is 0 Å². The van der Waals surface area contributed by atoms with Gasteiger partial charge in [0.05, 0.1) is 22.7 Å². The van der Waals surface area contributed by atoms with E-state index in [9.17, 15) is 0 Å². The van der Waals surface area contributed by atoms with Gasteiger partial charge in [-0.05, 0) is 92.5 Å². The van der Waals surface area contributed by atoms with E-state index in [1.165, 1.54) is 49.5 Å². The minimum Gasteiger partial charge on any atom is -0.452 e. The number of para-hydroxylation sites is 3. The quantitative estimate of drug-likeness (QED) is 0.165. The Morgan fingerprint density at radius 2 is 1.05 bits per heavy atom. The fraction of sp³-hybridized carbons (Fsp3) is 0.0566. The largest absolute Gasteiger partial charge is 0.452 e. The number of hydrogen-bond donors (Lipinski definition) is 0. The van der Waals surface area contributed by atoms with Crippen LogP contribution in [0.5, 0.6) is 11.5 Å². The molecule has 3 heteroatoms. The van der Waals surface area contributed by atoms with Crippen LogP contribution in [0.2, 0.25) is 0 Å². The summed E-state index contributed by atoms with van der Waals surface area (Å²) in [6, 6.07) is 70.1. The van der Waals surface area contributed by atoms with Crippen LogP contribution in [0, 0.1) is 0 Å². The highest BCUT2D eigenvalue weighted by atomic mass is 16.5. The lowest BCUT2D eigenvalue weighted by atomic mass is 9.72. The molecule has 0 N–H and O–H groups in total. The lowest BCUT2D eigenvalue weighted by Crippen LogP contribution is -2.32. The first kappa shape index (κ1) is 32.3. The first-order valence-electron chi connectivity index (χ1n) is 19.4. The highest BCUT2D eigenvalue weighted by Gasteiger charge is 2.42. The van der Waals surface area contributed by atoms with Crippen LogP contribution in [0.3, 0.4) is 0 Å². The van der Waals surface area contributed by atoms with Crippen LogP contribution in [0.25, 0.3) is 43.8 Å². The van der Waals surface area contributed by atoms with E-state index in [1.54, 1.807) is 0 Å². The van der Waals surface area contributed by atoms with Crippen LogP contribution < -0.4 is 14.5 Å². The van der Waals surface area contributed by atoms with Crippen molar-refractivity contribution in [1.82, 2.24) is 0 Å². The minimum atomic E-state index is -0.200. The molecule has 2 heterocycles. The van der Waals surface area contributed by atoms with Crippen LogP contribution in [0.15, 0.2) is 194 Å². The maximum atomic E-state index is 6.92. The van der Waals surface area contributed by atoms with Crippen molar-refractivity contribution >= 4 is 55.7 Å². The predicted octanol–water partition coefficient (Wildman–Crippen LogP) is 15.0. The highest BCUT2D eigenvalue weighted by Crippen LogP contribution is 2.61. The zero-order valence-corrected chi connectivity index (χ0v) is 31.3. The molecule has 0 aliphatic carbocycles. The molecule has 56 heavy (non-hydrogen) atoms. The molecule has 0 fully saturated rings. The van der Waals surface area contributed by atoms with Crippen molar-refractivity contribution in [2.24, 2.45) is 0 Å². The van der Waals surface area contributed by atoms with E-state index in [0.717, 1.165) is 51.1 Å². The van der Waals surface area contributed by atoms with Crippen LogP contribution in [0.4, 0.5) is 34.1 Å². The number of fused-ring (bicyclic) bond motifs is 7. The Kier molecular flexibility index (Phi) is 7.20. The second kappa shape index (κ2) is 12.5. The van der Waals surface area contributed by atoms with Crippen molar-refractivity contribution < 1.29 is 4.74 Å². The molecule has 9 aromatic carbocycles. The number of anilines is 6. The minimum absolute atomic E-state index is 0.200. The van der Waals surface area contributed by atoms with Crippen molar-refractivity contribution in [1.29, 1.82) is 0 Å². The standard InChI is InChI=1S/C53H38N2O/c1-53(2)45-20-10-11-21-47(45)55-48-22-12-13-23-50(48)56-52-42(32-33-46(53)51(52)55)37-26-30-40(31-27-37)54(39-28-24-36(25-29-39)35-14-4-3-5-15-35)49-34-38-16-6-7-17-41(38)43-18-8-9-19-44(43)49/h3-34H,1-2H3. The van der Waals surface area contributed by atoms with Gasteiger partial charge in [-0.1, -0.05) is 159 Å². The summed E-state index contributed by atoms with van der Waals surface area (Å²) >= 11 is 0. The SMILES string of the molecule is CC1(C)c2ccccc2N2c3ccccc3Oc3c(-c4ccc(N(c5ccc(-c6ccccc6)cc5)c5cc6ccccc6c6ccccc56)cc4)ccc1c32. The second-order valence-corrected chi connectivity index (χ2v) is 15.3. The summed E-state index contributed by atoms with van der Waals surface area (Å²) in [5.41, 5.74) is 13.6. The molecule has 0 spiro atoms. The molecule has 11 rings (SSSR count). The maximum absolute atomic E-state index is 6.92. The second-order valence-electron chi connectivity index (χ2n) is 15.3. The molecule has 3 nitrogen and oxygen atoms in total. The van der Waals surface area contributed by atoms with Gasteiger partial charge in [-0.15, -0.1) is 0 Å². The molecular formula is C53H38N2O. The zero-order valence-electron chi connectivity index (χ0n) is 31.3. The summed E-state index contributed by atoms with van der Waals surface area (Å²) in [4.78, 5) is 4.81. The molecule has 2 aliphatic rings. The number of rotatable bonds is 5. The van der Waals surface area contributed by atoms with Gasteiger partial charge in [0.15, 0.2) is 11.5 Å². The van der Waals surface area contributed by atoms with E-state index in [-0.39, 0.29) is 5.41 Å². The predicted molar refractivity (Wildman–Crippen MR) is 234 cm³/mol. The third-order valence-electron chi connectivity index (χ3n) is 11.8.